The van der Waals surface area contributed by atoms with E-state index in [0.29, 0.717) is 23.1 Å². The van der Waals surface area contributed by atoms with Crippen molar-refractivity contribution in [3.8, 4) is 11.5 Å². The van der Waals surface area contributed by atoms with Gasteiger partial charge in [0.25, 0.3) is 0 Å². The molecule has 1 atom stereocenters. The number of benzene rings is 2. The highest BCUT2D eigenvalue weighted by molar-refractivity contribution is 5.94. The van der Waals surface area contributed by atoms with Crippen LogP contribution in [0.4, 0.5) is 5.69 Å². The van der Waals surface area contributed by atoms with Crippen molar-refractivity contribution in [2.45, 2.75) is 31.7 Å². The number of hydrogen-bond acceptors (Lipinski definition) is 4. The van der Waals surface area contributed by atoms with Gasteiger partial charge in [0.15, 0.2) is 11.5 Å². The number of nitrogens with one attached hydrogen (secondary N) is 2. The van der Waals surface area contributed by atoms with Gasteiger partial charge in [0.05, 0.1) is 20.3 Å². The summed E-state index contributed by atoms with van der Waals surface area (Å²) in [5.41, 5.74) is 3.29. The van der Waals surface area contributed by atoms with Crippen LogP contribution in [0.3, 0.4) is 0 Å². The molecule has 6 nitrogen and oxygen atoms in total. The quantitative estimate of drug-likeness (QED) is 0.636. The van der Waals surface area contributed by atoms with Crippen molar-refractivity contribution in [1.29, 1.82) is 0 Å². The zero-order valence-electron chi connectivity index (χ0n) is 17.8. The zero-order valence-corrected chi connectivity index (χ0v) is 17.8. The van der Waals surface area contributed by atoms with Gasteiger partial charge in [-0.1, -0.05) is 18.2 Å². The van der Waals surface area contributed by atoms with Gasteiger partial charge in [-0.15, -0.1) is 0 Å². The third kappa shape index (κ3) is 4.00. The van der Waals surface area contributed by atoms with E-state index in [1.165, 1.54) is 16.5 Å². The Balaban J connectivity index is 1.37. The maximum atomic E-state index is 12.8. The van der Waals surface area contributed by atoms with Crippen molar-refractivity contribution in [3.05, 3.63) is 54.2 Å². The number of para-hydroxylation sites is 1. The average molecular weight is 408 g/mol. The van der Waals surface area contributed by atoms with Crippen molar-refractivity contribution in [3.63, 3.8) is 0 Å². The first kappa shape index (κ1) is 20.3. The molecule has 30 heavy (non-hydrogen) atoms. The van der Waals surface area contributed by atoms with Gasteiger partial charge in [0, 0.05) is 28.9 Å². The third-order valence-electron chi connectivity index (χ3n) is 6.17. The van der Waals surface area contributed by atoms with E-state index in [1.807, 2.05) is 13.0 Å². The van der Waals surface area contributed by atoms with Crippen LogP contribution >= 0.6 is 0 Å². The molecule has 2 N–H and O–H groups in total. The summed E-state index contributed by atoms with van der Waals surface area (Å²) in [5.74, 6) is 1.76. The highest BCUT2D eigenvalue weighted by Crippen LogP contribution is 2.34. The van der Waals surface area contributed by atoms with Crippen molar-refractivity contribution in [2.75, 3.05) is 32.6 Å². The van der Waals surface area contributed by atoms with E-state index >= 15 is 0 Å². The first-order valence-corrected chi connectivity index (χ1v) is 10.4. The number of ether oxygens (including phenoxy) is 2. The molecule has 1 aliphatic heterocycles. The van der Waals surface area contributed by atoms with Crippen LogP contribution < -0.4 is 14.8 Å². The van der Waals surface area contributed by atoms with Crippen molar-refractivity contribution in [1.82, 2.24) is 9.88 Å². The number of likely N-dealkylation sites (tertiary alicyclic amines) is 1. The predicted molar refractivity (Wildman–Crippen MR) is 119 cm³/mol. The monoisotopic (exact) mass is 407 g/mol. The van der Waals surface area contributed by atoms with E-state index in [-0.39, 0.29) is 11.9 Å². The van der Waals surface area contributed by atoms with Gasteiger partial charge in [0.1, 0.15) is 0 Å². The molecule has 0 saturated carbocycles. The SMILES string of the molecule is COc1ccc(NC(=O)[C@@H](C)N2CCC(c3c[nH]c4ccccc34)CC2)cc1OC. The van der Waals surface area contributed by atoms with Gasteiger partial charge in [0.2, 0.25) is 5.91 Å². The molecule has 1 saturated heterocycles. The summed E-state index contributed by atoms with van der Waals surface area (Å²) in [6.45, 7) is 3.79. The zero-order chi connectivity index (χ0) is 21.1. The van der Waals surface area contributed by atoms with Crippen LogP contribution in [0.5, 0.6) is 11.5 Å². The van der Waals surface area contributed by atoms with Crippen molar-refractivity contribution in [2.24, 2.45) is 0 Å². The van der Waals surface area contributed by atoms with Crippen LogP contribution in [0.2, 0.25) is 0 Å². The van der Waals surface area contributed by atoms with Gasteiger partial charge in [-0.05, 0) is 62.5 Å². The third-order valence-corrected chi connectivity index (χ3v) is 6.17. The summed E-state index contributed by atoms with van der Waals surface area (Å²) in [5, 5.41) is 4.32. The van der Waals surface area contributed by atoms with Gasteiger partial charge in [-0.2, -0.15) is 0 Å². The number of carbonyl (C=O) groups excluding carboxylic acids is 1. The maximum absolute atomic E-state index is 12.8. The minimum atomic E-state index is -0.193. The molecule has 0 unspecified atom stereocenters. The number of aromatic amines is 1. The number of nitrogens with zero attached hydrogens (tertiary/aromatic N) is 1. The minimum Gasteiger partial charge on any atom is -0.493 e. The molecule has 0 radical (unpaired) electrons. The Bertz CT molecular complexity index is 1020. The maximum Gasteiger partial charge on any atom is 0.241 e. The van der Waals surface area contributed by atoms with Gasteiger partial charge in [-0.3, -0.25) is 9.69 Å². The van der Waals surface area contributed by atoms with Crippen LogP contribution in [0.25, 0.3) is 10.9 Å². The lowest BCUT2D eigenvalue weighted by Gasteiger charge is -2.35. The van der Waals surface area contributed by atoms with Crippen LogP contribution in [-0.4, -0.2) is 49.1 Å². The summed E-state index contributed by atoms with van der Waals surface area (Å²) in [4.78, 5) is 18.5. The standard InChI is InChI=1S/C24H29N3O3/c1-16(24(28)26-18-8-9-22(29-2)23(14-18)30-3)27-12-10-17(11-13-27)20-15-25-21-7-5-4-6-19(20)21/h4-9,14-17,25H,10-13H2,1-3H3,(H,26,28)/t16-/m1/s1. The molecular formula is C24H29N3O3. The minimum absolute atomic E-state index is 0.00670. The molecule has 158 valence electrons. The van der Waals surface area contributed by atoms with Gasteiger partial charge < -0.3 is 19.8 Å². The Morgan fingerprint density at radius 2 is 1.83 bits per heavy atom. The molecule has 3 aromatic rings. The smallest absolute Gasteiger partial charge is 0.241 e. The topological polar surface area (TPSA) is 66.6 Å². The molecule has 0 aliphatic carbocycles. The number of rotatable bonds is 6. The fourth-order valence-electron chi connectivity index (χ4n) is 4.36. The fraction of sp³-hybridized carbons (Fsp3) is 0.375. The van der Waals surface area contributed by atoms with Gasteiger partial charge >= 0.3 is 0 Å². The van der Waals surface area contributed by atoms with E-state index in [9.17, 15) is 4.79 Å². The van der Waals surface area contributed by atoms with Crippen LogP contribution in [0.1, 0.15) is 31.2 Å². The lowest BCUT2D eigenvalue weighted by Crippen LogP contribution is -2.45. The van der Waals surface area contributed by atoms with Crippen molar-refractivity contribution >= 4 is 22.5 Å². The lowest BCUT2D eigenvalue weighted by atomic mass is 9.88. The van der Waals surface area contributed by atoms with E-state index < -0.39 is 0 Å². The highest BCUT2D eigenvalue weighted by Gasteiger charge is 2.28. The van der Waals surface area contributed by atoms with E-state index in [1.54, 1.807) is 26.4 Å². The molecule has 1 fully saturated rings. The predicted octanol–water partition coefficient (Wildman–Crippen LogP) is 4.39. The largest absolute Gasteiger partial charge is 0.493 e. The average Bonchev–Trinajstić information content (AvgIpc) is 3.22. The fourth-order valence-corrected chi connectivity index (χ4v) is 4.36. The normalized spacial score (nSPS) is 16.4. The number of aromatic nitrogens is 1. The van der Waals surface area contributed by atoms with E-state index in [4.69, 9.17) is 9.47 Å². The Labute approximate surface area is 177 Å². The second-order valence-electron chi connectivity index (χ2n) is 7.83. The highest BCUT2D eigenvalue weighted by atomic mass is 16.5. The number of amides is 1. The second kappa shape index (κ2) is 8.79. The Kier molecular flexibility index (Phi) is 5.95. The summed E-state index contributed by atoms with van der Waals surface area (Å²) in [6.07, 6.45) is 4.25. The molecule has 2 heterocycles. The lowest BCUT2D eigenvalue weighted by molar-refractivity contribution is -0.121. The summed E-state index contributed by atoms with van der Waals surface area (Å²) < 4.78 is 10.6. The number of piperidine rings is 1. The molecule has 4 rings (SSSR count). The van der Waals surface area contributed by atoms with Crippen molar-refractivity contribution < 1.29 is 14.3 Å². The summed E-state index contributed by atoms with van der Waals surface area (Å²) >= 11 is 0. The molecule has 0 bridgehead atoms. The molecule has 2 aromatic carbocycles. The first-order chi connectivity index (χ1) is 14.6. The second-order valence-corrected chi connectivity index (χ2v) is 7.83. The summed E-state index contributed by atoms with van der Waals surface area (Å²) in [6, 6.07) is 13.7. The number of carbonyl (C=O) groups is 1. The van der Waals surface area contributed by atoms with Crippen LogP contribution in [0, 0.1) is 0 Å². The van der Waals surface area contributed by atoms with Gasteiger partial charge in [-0.25, -0.2) is 0 Å². The summed E-state index contributed by atoms with van der Waals surface area (Å²) in [7, 11) is 3.18. The van der Waals surface area contributed by atoms with Crippen LogP contribution in [0.15, 0.2) is 48.7 Å². The number of anilines is 1. The Hall–Kier alpha value is -2.99. The molecule has 1 amide bonds. The first-order valence-electron chi connectivity index (χ1n) is 10.4. The number of hydrogen-bond donors (Lipinski definition) is 2. The molecule has 1 aliphatic rings. The number of methoxy groups -OCH3 is 2. The molecule has 6 heteroatoms. The van der Waals surface area contributed by atoms with Crippen LogP contribution in [-0.2, 0) is 4.79 Å². The van der Waals surface area contributed by atoms with E-state index in [0.717, 1.165) is 25.9 Å². The number of fused-ring (bicyclic) bond motifs is 1. The Morgan fingerprint density at radius 1 is 1.10 bits per heavy atom. The molecule has 0 spiro atoms. The molecular weight excluding hydrogens is 378 g/mol. The molecule has 1 aromatic heterocycles. The van der Waals surface area contributed by atoms with E-state index in [2.05, 4.69) is 45.7 Å². The number of H-pyrrole nitrogens is 1. The Morgan fingerprint density at radius 3 is 2.57 bits per heavy atom.